The number of hydrogen-bond donors (Lipinski definition) is 3. The molecule has 0 spiro atoms. The Kier molecular flexibility index (Phi) is 7.22. The van der Waals surface area contributed by atoms with Crippen LogP contribution in [0.15, 0.2) is 17.1 Å². The van der Waals surface area contributed by atoms with Crippen molar-refractivity contribution in [2.24, 2.45) is 10.9 Å². The number of rotatable bonds is 6. The van der Waals surface area contributed by atoms with Gasteiger partial charge in [0, 0.05) is 19.6 Å². The second-order valence-corrected chi connectivity index (χ2v) is 6.54. The number of methoxy groups -OCH3 is 2. The summed E-state index contributed by atoms with van der Waals surface area (Å²) in [6.45, 7) is 2.84. The van der Waals surface area contributed by atoms with Gasteiger partial charge in [-0.05, 0) is 49.3 Å². The lowest BCUT2D eigenvalue weighted by atomic mass is 9.84. The molecular formula is C19H31N3O3. The minimum atomic E-state index is 0.0175. The van der Waals surface area contributed by atoms with E-state index in [9.17, 15) is 5.11 Å². The Morgan fingerprint density at radius 3 is 2.24 bits per heavy atom. The van der Waals surface area contributed by atoms with Gasteiger partial charge < -0.3 is 25.2 Å². The first kappa shape index (κ1) is 19.2. The summed E-state index contributed by atoms with van der Waals surface area (Å²) in [5.41, 5.74) is 0.948. The first-order valence-corrected chi connectivity index (χ1v) is 9.02. The normalized spacial score (nSPS) is 20.9. The van der Waals surface area contributed by atoms with Crippen LogP contribution in [0, 0.1) is 5.92 Å². The summed E-state index contributed by atoms with van der Waals surface area (Å²) in [6.07, 6.45) is 6.25. The third-order valence-electron chi connectivity index (χ3n) is 4.99. The zero-order valence-electron chi connectivity index (χ0n) is 15.8. The molecule has 1 aromatic carbocycles. The topological polar surface area (TPSA) is 75.1 Å². The molecule has 0 radical (unpaired) electrons. The minimum absolute atomic E-state index is 0.0175. The van der Waals surface area contributed by atoms with E-state index in [1.807, 2.05) is 0 Å². The van der Waals surface area contributed by atoms with Gasteiger partial charge in [-0.2, -0.15) is 0 Å². The van der Waals surface area contributed by atoms with E-state index in [0.29, 0.717) is 24.1 Å². The van der Waals surface area contributed by atoms with Gasteiger partial charge in [-0.3, -0.25) is 4.99 Å². The van der Waals surface area contributed by atoms with Crippen LogP contribution < -0.4 is 20.1 Å². The minimum Gasteiger partial charge on any atom is -0.502 e. The lowest BCUT2D eigenvalue weighted by Gasteiger charge is -2.29. The summed E-state index contributed by atoms with van der Waals surface area (Å²) < 4.78 is 10.4. The van der Waals surface area contributed by atoms with Crippen LogP contribution in [0.1, 0.15) is 44.6 Å². The molecule has 25 heavy (non-hydrogen) atoms. The zero-order chi connectivity index (χ0) is 18.2. The summed E-state index contributed by atoms with van der Waals surface area (Å²) in [4.78, 5) is 4.32. The van der Waals surface area contributed by atoms with E-state index in [2.05, 4.69) is 22.5 Å². The number of ether oxygens (including phenoxy) is 2. The maximum absolute atomic E-state index is 9.99. The molecule has 0 heterocycles. The average molecular weight is 349 g/mol. The van der Waals surface area contributed by atoms with Crippen molar-refractivity contribution in [3.63, 3.8) is 0 Å². The summed E-state index contributed by atoms with van der Waals surface area (Å²) in [5.74, 6) is 2.49. The lowest BCUT2D eigenvalue weighted by molar-refractivity contribution is 0.304. The van der Waals surface area contributed by atoms with Gasteiger partial charge >= 0.3 is 0 Å². The highest BCUT2D eigenvalue weighted by Gasteiger charge is 2.20. The summed E-state index contributed by atoms with van der Waals surface area (Å²) in [7, 11) is 4.84. The van der Waals surface area contributed by atoms with Gasteiger partial charge in [-0.25, -0.2) is 0 Å². The van der Waals surface area contributed by atoms with Crippen LogP contribution in [0.3, 0.4) is 0 Å². The van der Waals surface area contributed by atoms with Crippen LogP contribution in [0.5, 0.6) is 17.2 Å². The van der Waals surface area contributed by atoms with Crippen molar-refractivity contribution >= 4 is 5.96 Å². The second kappa shape index (κ2) is 9.39. The third-order valence-corrected chi connectivity index (χ3v) is 4.99. The molecule has 140 valence electrons. The number of nitrogens with one attached hydrogen (secondary N) is 2. The predicted molar refractivity (Wildman–Crippen MR) is 101 cm³/mol. The summed E-state index contributed by atoms with van der Waals surface area (Å²) in [6, 6.07) is 4.08. The van der Waals surface area contributed by atoms with Crippen LogP contribution in [0.4, 0.5) is 0 Å². The van der Waals surface area contributed by atoms with Crippen LogP contribution in [0.25, 0.3) is 0 Å². The van der Waals surface area contributed by atoms with Gasteiger partial charge in [0.2, 0.25) is 5.75 Å². The second-order valence-electron chi connectivity index (χ2n) is 6.54. The molecule has 1 aliphatic carbocycles. The standard InChI is InChI=1S/C19H31N3O3/c1-5-13-6-8-15(9-7-13)22-19(20-2)21-12-14-10-16(24-3)18(23)17(11-14)25-4/h10-11,13,15,23H,5-9,12H2,1-4H3,(H2,20,21,22). The molecule has 2 rings (SSSR count). The Hall–Kier alpha value is -2.11. The fourth-order valence-electron chi connectivity index (χ4n) is 3.34. The SMILES string of the molecule is CCC1CCC(NC(=NC)NCc2cc(OC)c(O)c(OC)c2)CC1. The van der Waals surface area contributed by atoms with Gasteiger partial charge in [0.05, 0.1) is 14.2 Å². The van der Waals surface area contributed by atoms with E-state index in [4.69, 9.17) is 9.47 Å². The number of aromatic hydroxyl groups is 1. The molecule has 1 aromatic rings. The molecule has 0 bridgehead atoms. The smallest absolute Gasteiger partial charge is 0.200 e. The Morgan fingerprint density at radius 2 is 1.76 bits per heavy atom. The number of hydrogen-bond acceptors (Lipinski definition) is 4. The van der Waals surface area contributed by atoms with E-state index in [1.165, 1.54) is 46.3 Å². The fourth-order valence-corrected chi connectivity index (χ4v) is 3.34. The Bertz CT molecular complexity index is 556. The molecule has 0 atom stereocenters. The van der Waals surface area contributed by atoms with Gasteiger partial charge in [0.25, 0.3) is 0 Å². The van der Waals surface area contributed by atoms with Gasteiger partial charge in [-0.1, -0.05) is 13.3 Å². The van der Waals surface area contributed by atoms with Crippen LogP contribution in [-0.4, -0.2) is 38.4 Å². The van der Waals surface area contributed by atoms with Crippen molar-refractivity contribution in [3.8, 4) is 17.2 Å². The molecule has 0 unspecified atom stereocenters. The number of guanidine groups is 1. The largest absolute Gasteiger partial charge is 0.502 e. The monoisotopic (exact) mass is 349 g/mol. The molecule has 0 amide bonds. The van der Waals surface area contributed by atoms with Crippen molar-refractivity contribution in [1.29, 1.82) is 0 Å². The fraction of sp³-hybridized carbons (Fsp3) is 0.632. The molecule has 1 fully saturated rings. The van der Waals surface area contributed by atoms with E-state index in [0.717, 1.165) is 17.4 Å². The van der Waals surface area contributed by atoms with Crippen LogP contribution in [0.2, 0.25) is 0 Å². The van der Waals surface area contributed by atoms with Gasteiger partial charge in [-0.15, -0.1) is 0 Å². The maximum atomic E-state index is 9.99. The van der Waals surface area contributed by atoms with Gasteiger partial charge in [0.1, 0.15) is 0 Å². The highest BCUT2D eigenvalue weighted by atomic mass is 16.5. The van der Waals surface area contributed by atoms with Crippen molar-refractivity contribution in [2.45, 2.75) is 51.6 Å². The number of benzene rings is 1. The number of phenolic OH excluding ortho intramolecular Hbond substituents is 1. The zero-order valence-corrected chi connectivity index (χ0v) is 15.8. The molecule has 6 nitrogen and oxygen atoms in total. The highest BCUT2D eigenvalue weighted by molar-refractivity contribution is 5.80. The average Bonchev–Trinajstić information content (AvgIpc) is 2.66. The molecule has 3 N–H and O–H groups in total. The summed E-state index contributed by atoms with van der Waals surface area (Å²) >= 11 is 0. The lowest BCUT2D eigenvalue weighted by Crippen LogP contribution is -2.44. The van der Waals surface area contributed by atoms with Crippen LogP contribution >= 0.6 is 0 Å². The Balaban J connectivity index is 1.93. The Morgan fingerprint density at radius 1 is 1.16 bits per heavy atom. The molecule has 6 heteroatoms. The number of nitrogens with zero attached hydrogens (tertiary/aromatic N) is 1. The van der Waals surface area contributed by atoms with Crippen molar-refractivity contribution in [2.75, 3.05) is 21.3 Å². The molecular weight excluding hydrogens is 318 g/mol. The molecule has 0 aromatic heterocycles. The van der Waals surface area contributed by atoms with E-state index in [-0.39, 0.29) is 5.75 Å². The molecule has 1 aliphatic rings. The third kappa shape index (κ3) is 5.18. The molecule has 0 aliphatic heterocycles. The summed E-state index contributed by atoms with van der Waals surface area (Å²) in [5, 5.41) is 16.8. The van der Waals surface area contributed by atoms with Crippen molar-refractivity contribution < 1.29 is 14.6 Å². The van der Waals surface area contributed by atoms with Crippen LogP contribution in [-0.2, 0) is 6.54 Å². The first-order valence-electron chi connectivity index (χ1n) is 9.02. The maximum Gasteiger partial charge on any atom is 0.200 e. The number of aliphatic imine (C=N–C) groups is 1. The predicted octanol–water partition coefficient (Wildman–Crippen LogP) is 3.04. The van der Waals surface area contributed by atoms with Gasteiger partial charge in [0.15, 0.2) is 17.5 Å². The van der Waals surface area contributed by atoms with Crippen molar-refractivity contribution in [3.05, 3.63) is 17.7 Å². The molecule has 0 saturated heterocycles. The molecule has 1 saturated carbocycles. The first-order chi connectivity index (χ1) is 12.1. The van der Waals surface area contributed by atoms with E-state index >= 15 is 0 Å². The Labute approximate surface area is 150 Å². The highest BCUT2D eigenvalue weighted by Crippen LogP contribution is 2.37. The number of phenols is 1. The quantitative estimate of drug-likeness (QED) is 0.544. The van der Waals surface area contributed by atoms with Crippen molar-refractivity contribution in [1.82, 2.24) is 10.6 Å². The van der Waals surface area contributed by atoms with E-state index in [1.54, 1.807) is 19.2 Å². The van der Waals surface area contributed by atoms with E-state index < -0.39 is 0 Å².